The Morgan fingerprint density at radius 1 is 1.06 bits per heavy atom. The van der Waals surface area contributed by atoms with Crippen molar-refractivity contribution in [2.45, 2.75) is 13.3 Å². The smallest absolute Gasteiger partial charge is 0.222 e. The van der Waals surface area contributed by atoms with Crippen LogP contribution in [-0.2, 0) is 6.42 Å². The second-order valence-electron chi connectivity index (χ2n) is 3.59. The molecular weight excluding hydrogens is 200 g/mol. The van der Waals surface area contributed by atoms with E-state index in [4.69, 9.17) is 11.5 Å². The quantitative estimate of drug-likeness (QED) is 0.800. The van der Waals surface area contributed by atoms with Gasteiger partial charge in [-0.3, -0.25) is 0 Å². The molecule has 4 heteroatoms. The fraction of sp³-hybridized carbons (Fsp3) is 0.167. The van der Waals surface area contributed by atoms with E-state index >= 15 is 0 Å². The number of nitrogens with two attached hydrogens (primary N) is 2. The number of nitrogens with zero attached hydrogens (tertiary/aromatic N) is 2. The maximum Gasteiger partial charge on any atom is 0.222 e. The minimum Gasteiger partial charge on any atom is -0.384 e. The molecule has 0 atom stereocenters. The maximum absolute atomic E-state index is 5.62. The minimum atomic E-state index is 0.203. The summed E-state index contributed by atoms with van der Waals surface area (Å²) in [6, 6.07) is 9.89. The molecule has 0 aliphatic carbocycles. The molecule has 16 heavy (non-hydrogen) atoms. The molecule has 0 radical (unpaired) electrons. The second-order valence-corrected chi connectivity index (χ2v) is 3.59. The van der Waals surface area contributed by atoms with Gasteiger partial charge in [0.25, 0.3) is 0 Å². The molecule has 0 saturated heterocycles. The number of hydrogen-bond acceptors (Lipinski definition) is 4. The second kappa shape index (κ2) is 4.18. The summed E-state index contributed by atoms with van der Waals surface area (Å²) < 4.78 is 0. The predicted octanol–water partition coefficient (Wildman–Crippen LogP) is 1.87. The van der Waals surface area contributed by atoms with Gasteiger partial charge < -0.3 is 11.5 Å². The zero-order valence-electron chi connectivity index (χ0n) is 9.14. The Hall–Kier alpha value is -2.10. The third-order valence-electron chi connectivity index (χ3n) is 2.42. The summed E-state index contributed by atoms with van der Waals surface area (Å²) in [5.41, 5.74) is 14.2. The average Bonchev–Trinajstić information content (AvgIpc) is 2.28. The molecule has 2 aromatic rings. The van der Waals surface area contributed by atoms with E-state index in [2.05, 4.69) is 29.0 Å². The lowest BCUT2D eigenvalue weighted by atomic mass is 10.1. The molecule has 1 heterocycles. The highest BCUT2D eigenvalue weighted by Crippen LogP contribution is 2.20. The molecule has 1 aromatic heterocycles. The van der Waals surface area contributed by atoms with Crippen molar-refractivity contribution >= 4 is 11.8 Å². The fourth-order valence-corrected chi connectivity index (χ4v) is 1.54. The van der Waals surface area contributed by atoms with Crippen LogP contribution in [0.4, 0.5) is 11.8 Å². The molecule has 0 aliphatic rings. The van der Waals surface area contributed by atoms with E-state index in [9.17, 15) is 0 Å². The zero-order valence-corrected chi connectivity index (χ0v) is 9.14. The SMILES string of the molecule is CCc1ccc(-c2cc(N)nc(N)n2)cc1. The Morgan fingerprint density at radius 2 is 1.75 bits per heavy atom. The van der Waals surface area contributed by atoms with Gasteiger partial charge >= 0.3 is 0 Å². The van der Waals surface area contributed by atoms with Crippen molar-refractivity contribution in [3.05, 3.63) is 35.9 Å². The van der Waals surface area contributed by atoms with Crippen molar-refractivity contribution in [3.63, 3.8) is 0 Å². The molecule has 2 rings (SSSR count). The van der Waals surface area contributed by atoms with Crippen molar-refractivity contribution in [2.75, 3.05) is 11.5 Å². The van der Waals surface area contributed by atoms with E-state index in [1.54, 1.807) is 6.07 Å². The summed E-state index contributed by atoms with van der Waals surface area (Å²) >= 11 is 0. The summed E-state index contributed by atoms with van der Waals surface area (Å²) in [5.74, 6) is 0.594. The van der Waals surface area contributed by atoms with E-state index in [-0.39, 0.29) is 5.95 Å². The van der Waals surface area contributed by atoms with Crippen LogP contribution in [0.1, 0.15) is 12.5 Å². The van der Waals surface area contributed by atoms with Gasteiger partial charge in [0.2, 0.25) is 5.95 Å². The molecule has 0 aliphatic heterocycles. The fourth-order valence-electron chi connectivity index (χ4n) is 1.54. The lowest BCUT2D eigenvalue weighted by molar-refractivity contribution is 1.14. The highest BCUT2D eigenvalue weighted by molar-refractivity contribution is 5.63. The van der Waals surface area contributed by atoms with Gasteiger partial charge in [-0.1, -0.05) is 31.2 Å². The zero-order chi connectivity index (χ0) is 11.5. The van der Waals surface area contributed by atoms with Crippen LogP contribution in [-0.4, -0.2) is 9.97 Å². The molecule has 0 amide bonds. The van der Waals surface area contributed by atoms with E-state index < -0.39 is 0 Å². The molecule has 82 valence electrons. The van der Waals surface area contributed by atoms with Gasteiger partial charge in [0.1, 0.15) is 5.82 Å². The third kappa shape index (κ3) is 2.11. The molecule has 1 aromatic carbocycles. The van der Waals surface area contributed by atoms with Gasteiger partial charge in [0.05, 0.1) is 5.69 Å². The summed E-state index contributed by atoms with van der Waals surface area (Å²) in [7, 11) is 0. The van der Waals surface area contributed by atoms with Crippen LogP contribution in [0.3, 0.4) is 0 Å². The Kier molecular flexibility index (Phi) is 2.72. The maximum atomic E-state index is 5.62. The minimum absolute atomic E-state index is 0.203. The van der Waals surface area contributed by atoms with Gasteiger partial charge in [0.15, 0.2) is 0 Å². The lowest BCUT2D eigenvalue weighted by Crippen LogP contribution is -2.00. The Bertz CT molecular complexity index is 471. The monoisotopic (exact) mass is 214 g/mol. The standard InChI is InChI=1S/C12H14N4/c1-2-8-3-5-9(6-4-8)10-7-11(13)16-12(14)15-10/h3-7H,2H2,1H3,(H4,13,14,15,16). The first kappa shape index (κ1) is 10.4. The van der Waals surface area contributed by atoms with Crippen LogP contribution in [0.15, 0.2) is 30.3 Å². The summed E-state index contributed by atoms with van der Waals surface area (Å²) in [5, 5.41) is 0. The number of hydrogen-bond donors (Lipinski definition) is 2. The number of aryl methyl sites for hydroxylation is 1. The van der Waals surface area contributed by atoms with Crippen molar-refractivity contribution in [3.8, 4) is 11.3 Å². The van der Waals surface area contributed by atoms with E-state index in [0.29, 0.717) is 5.82 Å². The molecule has 0 saturated carbocycles. The highest BCUT2D eigenvalue weighted by Gasteiger charge is 2.02. The summed E-state index contributed by atoms with van der Waals surface area (Å²) in [4.78, 5) is 7.98. The van der Waals surface area contributed by atoms with Gasteiger partial charge in [-0.2, -0.15) is 4.98 Å². The first-order valence-electron chi connectivity index (χ1n) is 5.18. The van der Waals surface area contributed by atoms with Gasteiger partial charge in [-0.15, -0.1) is 0 Å². The molecule has 4 nitrogen and oxygen atoms in total. The summed E-state index contributed by atoms with van der Waals surface area (Å²) in [6.45, 7) is 2.12. The van der Waals surface area contributed by atoms with Gasteiger partial charge in [-0.25, -0.2) is 4.98 Å². The summed E-state index contributed by atoms with van der Waals surface area (Å²) in [6.07, 6.45) is 1.02. The molecule has 0 bridgehead atoms. The number of rotatable bonds is 2. The van der Waals surface area contributed by atoms with Gasteiger partial charge in [0, 0.05) is 11.6 Å². The van der Waals surface area contributed by atoms with Crippen molar-refractivity contribution < 1.29 is 0 Å². The molecule has 0 unspecified atom stereocenters. The van der Waals surface area contributed by atoms with E-state index in [1.807, 2.05) is 12.1 Å². The highest BCUT2D eigenvalue weighted by atomic mass is 15.0. The number of anilines is 2. The number of benzene rings is 1. The van der Waals surface area contributed by atoms with Crippen molar-refractivity contribution in [2.24, 2.45) is 0 Å². The van der Waals surface area contributed by atoms with Crippen LogP contribution in [0, 0.1) is 0 Å². The normalized spacial score (nSPS) is 10.3. The molecule has 0 spiro atoms. The molecular formula is C12H14N4. The van der Waals surface area contributed by atoms with Crippen molar-refractivity contribution in [1.82, 2.24) is 9.97 Å². The Morgan fingerprint density at radius 3 is 2.31 bits per heavy atom. The van der Waals surface area contributed by atoms with Crippen LogP contribution < -0.4 is 11.5 Å². The average molecular weight is 214 g/mol. The molecule has 4 N–H and O–H groups in total. The topological polar surface area (TPSA) is 77.8 Å². The van der Waals surface area contributed by atoms with Crippen LogP contribution in [0.25, 0.3) is 11.3 Å². The number of nitrogen functional groups attached to an aromatic ring is 2. The lowest BCUT2D eigenvalue weighted by Gasteiger charge is -2.04. The third-order valence-corrected chi connectivity index (χ3v) is 2.42. The van der Waals surface area contributed by atoms with Gasteiger partial charge in [-0.05, 0) is 12.0 Å². The largest absolute Gasteiger partial charge is 0.384 e. The van der Waals surface area contributed by atoms with E-state index in [0.717, 1.165) is 17.7 Å². The number of aromatic nitrogens is 2. The Balaban J connectivity index is 2.42. The predicted molar refractivity (Wildman–Crippen MR) is 65.7 cm³/mol. The first-order valence-corrected chi connectivity index (χ1v) is 5.18. The van der Waals surface area contributed by atoms with E-state index in [1.165, 1.54) is 5.56 Å². The van der Waals surface area contributed by atoms with Crippen LogP contribution >= 0.6 is 0 Å². The van der Waals surface area contributed by atoms with Crippen LogP contribution in [0.2, 0.25) is 0 Å². The first-order chi connectivity index (χ1) is 7.69. The molecule has 0 fully saturated rings. The Labute approximate surface area is 94.3 Å². The van der Waals surface area contributed by atoms with Crippen molar-refractivity contribution in [1.29, 1.82) is 0 Å². The van der Waals surface area contributed by atoms with Crippen LogP contribution in [0.5, 0.6) is 0 Å².